The maximum absolute atomic E-state index is 11.9. The van der Waals surface area contributed by atoms with Gasteiger partial charge in [-0.15, -0.1) is 0 Å². The zero-order chi connectivity index (χ0) is 17.4. The van der Waals surface area contributed by atoms with E-state index in [4.69, 9.17) is 0 Å². The Labute approximate surface area is 142 Å². The van der Waals surface area contributed by atoms with Gasteiger partial charge in [0.1, 0.15) is 0 Å². The molecule has 0 saturated heterocycles. The van der Waals surface area contributed by atoms with Gasteiger partial charge in [-0.25, -0.2) is 0 Å². The Kier molecular flexibility index (Phi) is 6.32. The molecule has 0 spiro atoms. The summed E-state index contributed by atoms with van der Waals surface area (Å²) < 4.78 is 0. The van der Waals surface area contributed by atoms with Crippen molar-refractivity contribution >= 4 is 23.6 Å². The van der Waals surface area contributed by atoms with Crippen molar-refractivity contribution in [2.24, 2.45) is 0 Å². The van der Waals surface area contributed by atoms with Crippen LogP contribution in [0.1, 0.15) is 23.1 Å². The Morgan fingerprint density at radius 2 is 1.67 bits per heavy atom. The van der Waals surface area contributed by atoms with Crippen molar-refractivity contribution in [2.75, 3.05) is 12.4 Å². The molecule has 0 atom stereocenters. The largest absolute Gasteiger partial charge is 0.359 e. The number of carbonyl (C=O) groups excluding carboxylic acids is 2. The van der Waals surface area contributed by atoms with E-state index in [1.165, 1.54) is 11.6 Å². The number of carbonyl (C=O) groups is 2. The Balaban J connectivity index is 1.87. The van der Waals surface area contributed by atoms with Gasteiger partial charge >= 0.3 is 0 Å². The van der Waals surface area contributed by atoms with E-state index in [2.05, 4.69) is 10.6 Å². The summed E-state index contributed by atoms with van der Waals surface area (Å²) in [7, 11) is 1.63. The van der Waals surface area contributed by atoms with Crippen LogP contribution in [0.2, 0.25) is 0 Å². The van der Waals surface area contributed by atoms with Crippen LogP contribution in [0.3, 0.4) is 0 Å². The molecule has 0 heterocycles. The lowest BCUT2D eigenvalue weighted by atomic mass is 10.1. The fraction of sp³-hybridized carbons (Fsp3) is 0.200. The zero-order valence-electron chi connectivity index (χ0n) is 14.0. The van der Waals surface area contributed by atoms with Gasteiger partial charge in [0.2, 0.25) is 11.8 Å². The second kappa shape index (κ2) is 8.67. The molecule has 2 N–H and O–H groups in total. The highest BCUT2D eigenvalue weighted by Gasteiger charge is 2.01. The lowest BCUT2D eigenvalue weighted by Crippen LogP contribution is -2.17. The third-order valence-corrected chi connectivity index (χ3v) is 3.65. The van der Waals surface area contributed by atoms with Gasteiger partial charge in [0.15, 0.2) is 0 Å². The van der Waals surface area contributed by atoms with Crippen LogP contribution < -0.4 is 10.6 Å². The summed E-state index contributed by atoms with van der Waals surface area (Å²) in [5.41, 5.74) is 3.97. The summed E-state index contributed by atoms with van der Waals surface area (Å²) >= 11 is 0. The average molecular weight is 322 g/mol. The summed E-state index contributed by atoms with van der Waals surface area (Å²) in [5, 5.41) is 5.42. The fourth-order valence-corrected chi connectivity index (χ4v) is 2.17. The number of nitrogens with one attached hydrogen (secondary N) is 2. The standard InChI is InChI=1S/C20H22N2O2/c1-15-3-5-16(6-4-15)10-14-20(24)22-18-11-7-17(8-12-18)9-13-19(23)21-2/h3-8,10-12,14H,9,13H2,1-2H3,(H,21,23)(H,22,24)/b14-10+. The molecule has 4 heteroatoms. The molecule has 0 unspecified atom stereocenters. The van der Waals surface area contributed by atoms with Gasteiger partial charge in [0, 0.05) is 25.2 Å². The summed E-state index contributed by atoms with van der Waals surface area (Å²) in [4.78, 5) is 23.2. The molecular weight excluding hydrogens is 300 g/mol. The first-order valence-electron chi connectivity index (χ1n) is 7.92. The molecule has 0 aliphatic carbocycles. The van der Waals surface area contributed by atoms with Gasteiger partial charge in [-0.3, -0.25) is 9.59 Å². The van der Waals surface area contributed by atoms with Crippen molar-refractivity contribution in [3.05, 3.63) is 71.3 Å². The molecule has 0 fully saturated rings. The first kappa shape index (κ1) is 17.5. The number of benzene rings is 2. The minimum Gasteiger partial charge on any atom is -0.359 e. The molecule has 24 heavy (non-hydrogen) atoms. The van der Waals surface area contributed by atoms with E-state index >= 15 is 0 Å². The molecule has 0 aromatic heterocycles. The van der Waals surface area contributed by atoms with Crippen molar-refractivity contribution < 1.29 is 9.59 Å². The highest BCUT2D eigenvalue weighted by atomic mass is 16.2. The lowest BCUT2D eigenvalue weighted by molar-refractivity contribution is -0.120. The van der Waals surface area contributed by atoms with E-state index in [9.17, 15) is 9.59 Å². The molecule has 2 amide bonds. The Morgan fingerprint density at radius 1 is 1.00 bits per heavy atom. The van der Waals surface area contributed by atoms with Crippen molar-refractivity contribution in [1.82, 2.24) is 5.32 Å². The number of rotatable bonds is 6. The first-order valence-corrected chi connectivity index (χ1v) is 7.92. The number of amides is 2. The molecule has 0 radical (unpaired) electrons. The predicted molar refractivity (Wildman–Crippen MR) is 97.7 cm³/mol. The Morgan fingerprint density at radius 3 is 2.29 bits per heavy atom. The molecule has 0 saturated carbocycles. The summed E-state index contributed by atoms with van der Waals surface area (Å²) in [6, 6.07) is 15.5. The number of hydrogen-bond donors (Lipinski definition) is 2. The molecule has 2 aromatic carbocycles. The van der Waals surface area contributed by atoms with E-state index in [0.717, 1.165) is 16.8 Å². The van der Waals surface area contributed by atoms with Crippen LogP contribution in [0.4, 0.5) is 5.69 Å². The second-order valence-electron chi connectivity index (χ2n) is 5.60. The predicted octanol–water partition coefficient (Wildman–Crippen LogP) is 3.33. The zero-order valence-corrected chi connectivity index (χ0v) is 14.0. The minimum atomic E-state index is -0.173. The van der Waals surface area contributed by atoms with Crippen LogP contribution in [0, 0.1) is 6.92 Å². The SMILES string of the molecule is CNC(=O)CCc1ccc(NC(=O)/C=C/c2ccc(C)cc2)cc1. The molecule has 2 rings (SSSR count). The van der Waals surface area contributed by atoms with Gasteiger partial charge < -0.3 is 10.6 Å². The van der Waals surface area contributed by atoms with Crippen LogP contribution in [-0.2, 0) is 16.0 Å². The van der Waals surface area contributed by atoms with Gasteiger partial charge in [0.25, 0.3) is 0 Å². The van der Waals surface area contributed by atoms with Crippen molar-refractivity contribution in [3.63, 3.8) is 0 Å². The van der Waals surface area contributed by atoms with Gasteiger partial charge in [-0.05, 0) is 42.7 Å². The Hall–Kier alpha value is -2.88. The smallest absolute Gasteiger partial charge is 0.248 e. The molecule has 0 aliphatic rings. The monoisotopic (exact) mass is 322 g/mol. The number of aryl methyl sites for hydroxylation is 2. The van der Waals surface area contributed by atoms with Crippen LogP contribution in [0.15, 0.2) is 54.6 Å². The molecule has 0 bridgehead atoms. The lowest BCUT2D eigenvalue weighted by Gasteiger charge is -2.05. The van der Waals surface area contributed by atoms with E-state index in [1.54, 1.807) is 13.1 Å². The van der Waals surface area contributed by atoms with Crippen molar-refractivity contribution in [3.8, 4) is 0 Å². The number of anilines is 1. The number of hydrogen-bond acceptors (Lipinski definition) is 2. The first-order chi connectivity index (χ1) is 11.6. The summed E-state index contributed by atoms with van der Waals surface area (Å²) in [5.74, 6) is -0.151. The molecule has 2 aromatic rings. The van der Waals surface area contributed by atoms with E-state index in [1.807, 2.05) is 55.5 Å². The van der Waals surface area contributed by atoms with E-state index in [-0.39, 0.29) is 11.8 Å². The molecule has 0 aliphatic heterocycles. The molecular formula is C20H22N2O2. The summed E-state index contributed by atoms with van der Waals surface area (Å²) in [6.07, 6.45) is 4.44. The van der Waals surface area contributed by atoms with Crippen molar-refractivity contribution in [1.29, 1.82) is 0 Å². The van der Waals surface area contributed by atoms with Crippen LogP contribution in [0.5, 0.6) is 0 Å². The molecule has 4 nitrogen and oxygen atoms in total. The highest BCUT2D eigenvalue weighted by Crippen LogP contribution is 2.12. The fourth-order valence-electron chi connectivity index (χ4n) is 2.17. The summed E-state index contributed by atoms with van der Waals surface area (Å²) in [6.45, 7) is 2.03. The van der Waals surface area contributed by atoms with Gasteiger partial charge in [0.05, 0.1) is 0 Å². The average Bonchev–Trinajstić information content (AvgIpc) is 2.60. The van der Waals surface area contributed by atoms with E-state index in [0.29, 0.717) is 12.8 Å². The topological polar surface area (TPSA) is 58.2 Å². The Bertz CT molecular complexity index is 716. The third kappa shape index (κ3) is 5.72. The maximum atomic E-state index is 11.9. The van der Waals surface area contributed by atoms with E-state index < -0.39 is 0 Å². The minimum absolute atomic E-state index is 0.0219. The maximum Gasteiger partial charge on any atom is 0.248 e. The van der Waals surface area contributed by atoms with Gasteiger partial charge in [-0.1, -0.05) is 42.0 Å². The van der Waals surface area contributed by atoms with Crippen LogP contribution >= 0.6 is 0 Å². The quantitative estimate of drug-likeness (QED) is 0.802. The van der Waals surface area contributed by atoms with Crippen LogP contribution in [-0.4, -0.2) is 18.9 Å². The highest BCUT2D eigenvalue weighted by molar-refractivity contribution is 6.01. The molecule has 124 valence electrons. The van der Waals surface area contributed by atoms with Crippen molar-refractivity contribution in [2.45, 2.75) is 19.8 Å². The second-order valence-corrected chi connectivity index (χ2v) is 5.60. The van der Waals surface area contributed by atoms with Crippen LogP contribution in [0.25, 0.3) is 6.08 Å². The normalized spacial score (nSPS) is 10.6. The van der Waals surface area contributed by atoms with Gasteiger partial charge in [-0.2, -0.15) is 0 Å². The third-order valence-electron chi connectivity index (χ3n) is 3.65.